The van der Waals surface area contributed by atoms with E-state index in [1.807, 2.05) is 11.8 Å². The van der Waals surface area contributed by atoms with Gasteiger partial charge in [0.05, 0.1) is 0 Å². The highest BCUT2D eigenvalue weighted by Crippen LogP contribution is 2.36. The first kappa shape index (κ1) is 17.6. The first-order valence-electron chi connectivity index (χ1n) is 5.47. The molecule has 1 rings (SSSR count). The van der Waals surface area contributed by atoms with E-state index in [1.165, 1.54) is 18.6 Å². The number of thioether (sulfide) groups is 1. The quantitative estimate of drug-likeness (QED) is 0.406. The third-order valence-electron chi connectivity index (χ3n) is 2.60. The van der Waals surface area contributed by atoms with Crippen LogP contribution in [0, 0.1) is 0 Å². The molecule has 1 atom stereocenters. The van der Waals surface area contributed by atoms with E-state index in [4.69, 9.17) is 0 Å². The molecular weight excluding hydrogens is 413 g/mol. The normalized spacial score (nSPS) is 24.1. The average molecular weight is 434 g/mol. The number of hydrogen-bond acceptors (Lipinski definition) is 2. The Morgan fingerprint density at radius 1 is 1.53 bits per heavy atom. The summed E-state index contributed by atoms with van der Waals surface area (Å²) in [6.45, 7) is 7.76. The molecule has 1 unspecified atom stereocenters. The van der Waals surface area contributed by atoms with E-state index in [-0.39, 0.29) is 24.0 Å². The van der Waals surface area contributed by atoms with Crippen LogP contribution in [0.4, 0.5) is 0 Å². The highest BCUT2D eigenvalue weighted by atomic mass is 127. The van der Waals surface area contributed by atoms with Gasteiger partial charge in [-0.1, -0.05) is 22.5 Å². The number of guanidine groups is 1. The standard InChI is InChI=1S/C11H20BrN3S.HI/c1-9(12)7-14-10(13-3)15-8-11(2)5-4-6-16-11;/h1,4-8H2,2-3H3,(H2,13,14,15);1H. The monoisotopic (exact) mass is 433 g/mol. The Hall–Kier alpha value is 0.570. The van der Waals surface area contributed by atoms with Crippen molar-refractivity contribution in [2.45, 2.75) is 24.5 Å². The van der Waals surface area contributed by atoms with Crippen molar-refractivity contribution in [1.29, 1.82) is 0 Å². The highest BCUT2D eigenvalue weighted by Gasteiger charge is 2.29. The summed E-state index contributed by atoms with van der Waals surface area (Å²) in [7, 11) is 1.79. The first-order valence-corrected chi connectivity index (χ1v) is 7.25. The predicted molar refractivity (Wildman–Crippen MR) is 92.9 cm³/mol. The molecule has 0 spiro atoms. The minimum absolute atomic E-state index is 0. The summed E-state index contributed by atoms with van der Waals surface area (Å²) in [5, 5.41) is 6.56. The van der Waals surface area contributed by atoms with Crippen LogP contribution in [0.15, 0.2) is 16.1 Å². The molecule has 0 bridgehead atoms. The van der Waals surface area contributed by atoms with Crippen LogP contribution in [-0.4, -0.2) is 36.6 Å². The first-order chi connectivity index (χ1) is 7.56. The Bertz CT molecular complexity index is 278. The molecular formula is C11H21BrIN3S. The fourth-order valence-electron chi connectivity index (χ4n) is 1.65. The van der Waals surface area contributed by atoms with Gasteiger partial charge in [-0.25, -0.2) is 0 Å². The third-order valence-corrected chi connectivity index (χ3v) is 4.42. The van der Waals surface area contributed by atoms with E-state index in [0.29, 0.717) is 11.3 Å². The predicted octanol–water partition coefficient (Wildman–Crippen LogP) is 2.96. The van der Waals surface area contributed by atoms with Gasteiger partial charge in [0.1, 0.15) is 0 Å². The summed E-state index contributed by atoms with van der Waals surface area (Å²) in [4.78, 5) is 4.18. The molecule has 0 amide bonds. The van der Waals surface area contributed by atoms with Gasteiger partial charge in [-0.2, -0.15) is 11.8 Å². The van der Waals surface area contributed by atoms with E-state index in [2.05, 4.69) is 45.1 Å². The Labute approximate surface area is 134 Å². The Morgan fingerprint density at radius 2 is 2.24 bits per heavy atom. The fourth-order valence-corrected chi connectivity index (χ4v) is 3.03. The van der Waals surface area contributed by atoms with Crippen molar-refractivity contribution < 1.29 is 0 Å². The number of rotatable bonds is 4. The third kappa shape index (κ3) is 6.91. The van der Waals surface area contributed by atoms with Gasteiger partial charge in [-0.05, 0) is 25.5 Å². The number of nitrogens with one attached hydrogen (secondary N) is 2. The second kappa shape index (κ2) is 8.63. The van der Waals surface area contributed by atoms with Crippen LogP contribution in [-0.2, 0) is 0 Å². The number of hydrogen-bond donors (Lipinski definition) is 2. The van der Waals surface area contributed by atoms with Gasteiger partial charge in [0.15, 0.2) is 5.96 Å². The SMILES string of the molecule is C=C(Br)CNC(=NC)NCC1(C)CCCS1.I. The number of halogens is 2. The maximum Gasteiger partial charge on any atom is 0.191 e. The largest absolute Gasteiger partial charge is 0.355 e. The molecule has 1 aliphatic heterocycles. The number of aliphatic imine (C=N–C) groups is 1. The molecule has 2 N–H and O–H groups in total. The van der Waals surface area contributed by atoms with Crippen LogP contribution in [0.25, 0.3) is 0 Å². The Kier molecular flexibility index (Phi) is 8.92. The molecule has 1 aliphatic rings. The van der Waals surface area contributed by atoms with Gasteiger partial charge >= 0.3 is 0 Å². The summed E-state index contributed by atoms with van der Waals surface area (Å²) in [5.74, 6) is 2.12. The topological polar surface area (TPSA) is 36.4 Å². The molecule has 0 saturated carbocycles. The summed E-state index contributed by atoms with van der Waals surface area (Å²) in [6, 6.07) is 0. The maximum atomic E-state index is 4.18. The lowest BCUT2D eigenvalue weighted by Gasteiger charge is -2.24. The minimum atomic E-state index is 0. The highest BCUT2D eigenvalue weighted by molar-refractivity contribution is 14.0. The molecule has 100 valence electrons. The van der Waals surface area contributed by atoms with E-state index in [0.717, 1.165) is 17.0 Å². The van der Waals surface area contributed by atoms with Gasteiger partial charge in [-0.15, -0.1) is 24.0 Å². The van der Waals surface area contributed by atoms with Gasteiger partial charge in [0.25, 0.3) is 0 Å². The second-order valence-electron chi connectivity index (χ2n) is 4.20. The van der Waals surface area contributed by atoms with Crippen molar-refractivity contribution in [3.63, 3.8) is 0 Å². The molecule has 6 heteroatoms. The molecule has 1 heterocycles. The van der Waals surface area contributed by atoms with Crippen LogP contribution in [0.5, 0.6) is 0 Å². The minimum Gasteiger partial charge on any atom is -0.355 e. The van der Waals surface area contributed by atoms with Crippen molar-refractivity contribution in [3.05, 3.63) is 11.1 Å². The second-order valence-corrected chi connectivity index (χ2v) is 7.00. The number of nitrogens with zero attached hydrogens (tertiary/aromatic N) is 1. The van der Waals surface area contributed by atoms with Crippen molar-refractivity contribution in [3.8, 4) is 0 Å². The van der Waals surface area contributed by atoms with Crippen LogP contribution < -0.4 is 10.6 Å². The zero-order chi connectivity index (χ0) is 12.0. The van der Waals surface area contributed by atoms with E-state index in [9.17, 15) is 0 Å². The molecule has 0 radical (unpaired) electrons. The van der Waals surface area contributed by atoms with Crippen molar-refractivity contribution >= 4 is 57.6 Å². The molecule has 0 aromatic rings. The van der Waals surface area contributed by atoms with Crippen molar-refractivity contribution in [2.24, 2.45) is 4.99 Å². The molecule has 0 aromatic carbocycles. The summed E-state index contributed by atoms with van der Waals surface area (Å²) >= 11 is 5.37. The molecule has 0 aliphatic carbocycles. The van der Waals surface area contributed by atoms with Gasteiger partial charge in [0.2, 0.25) is 0 Å². The van der Waals surface area contributed by atoms with Crippen molar-refractivity contribution in [2.75, 3.05) is 25.9 Å². The van der Waals surface area contributed by atoms with E-state index in [1.54, 1.807) is 7.05 Å². The van der Waals surface area contributed by atoms with Crippen LogP contribution in [0.1, 0.15) is 19.8 Å². The van der Waals surface area contributed by atoms with Crippen molar-refractivity contribution in [1.82, 2.24) is 10.6 Å². The van der Waals surface area contributed by atoms with Gasteiger partial charge in [-0.3, -0.25) is 4.99 Å². The van der Waals surface area contributed by atoms with Gasteiger partial charge < -0.3 is 10.6 Å². The fraction of sp³-hybridized carbons (Fsp3) is 0.727. The average Bonchev–Trinajstić information content (AvgIpc) is 2.65. The Balaban J connectivity index is 0.00000256. The summed E-state index contributed by atoms with van der Waals surface area (Å²) in [5.41, 5.74) is 0. The summed E-state index contributed by atoms with van der Waals surface area (Å²) in [6.07, 6.45) is 2.61. The maximum absolute atomic E-state index is 4.18. The zero-order valence-corrected chi connectivity index (χ0v) is 15.1. The van der Waals surface area contributed by atoms with Crippen LogP contribution in [0.2, 0.25) is 0 Å². The lowest BCUT2D eigenvalue weighted by molar-refractivity contribution is 0.586. The zero-order valence-electron chi connectivity index (χ0n) is 10.4. The Morgan fingerprint density at radius 3 is 2.71 bits per heavy atom. The lowest BCUT2D eigenvalue weighted by atomic mass is 10.1. The van der Waals surface area contributed by atoms with Crippen LogP contribution in [0.3, 0.4) is 0 Å². The smallest absolute Gasteiger partial charge is 0.191 e. The van der Waals surface area contributed by atoms with Gasteiger partial charge in [0, 0.05) is 29.4 Å². The van der Waals surface area contributed by atoms with E-state index >= 15 is 0 Å². The molecule has 3 nitrogen and oxygen atoms in total. The molecule has 1 saturated heterocycles. The van der Waals surface area contributed by atoms with E-state index < -0.39 is 0 Å². The lowest BCUT2D eigenvalue weighted by Crippen LogP contribution is -2.43. The summed E-state index contributed by atoms with van der Waals surface area (Å²) < 4.78 is 1.29. The van der Waals surface area contributed by atoms with Crippen LogP contribution >= 0.6 is 51.7 Å². The molecule has 17 heavy (non-hydrogen) atoms. The molecule has 0 aromatic heterocycles. The molecule has 1 fully saturated rings.